The number of rotatable bonds is 6. The number of carbonyl (C=O) groups is 1. The molecule has 0 aromatic heterocycles. The topological polar surface area (TPSA) is 57.7 Å². The maximum atomic E-state index is 13.4. The molecule has 1 heterocycles. The Morgan fingerprint density at radius 2 is 1.83 bits per heavy atom. The van der Waals surface area contributed by atoms with E-state index in [1.165, 1.54) is 34.3 Å². The average Bonchev–Trinajstić information content (AvgIpc) is 2.72. The average molecular weight is 457 g/mol. The zero-order valence-corrected chi connectivity index (χ0v) is 18.3. The summed E-state index contributed by atoms with van der Waals surface area (Å²) in [4.78, 5) is 14.1. The van der Waals surface area contributed by atoms with Crippen molar-refractivity contribution in [3.8, 4) is 0 Å². The van der Waals surface area contributed by atoms with Crippen LogP contribution in [0.5, 0.6) is 0 Å². The summed E-state index contributed by atoms with van der Waals surface area (Å²) in [5, 5.41) is 0.749. The van der Waals surface area contributed by atoms with Crippen molar-refractivity contribution in [2.24, 2.45) is 0 Å². The third-order valence-electron chi connectivity index (χ3n) is 4.83. The van der Waals surface area contributed by atoms with Crippen molar-refractivity contribution in [3.05, 3.63) is 64.9 Å². The fourth-order valence-corrected chi connectivity index (χ4v) is 5.92. The van der Waals surface area contributed by atoms with E-state index in [4.69, 9.17) is 11.6 Å². The molecule has 1 aliphatic heterocycles. The van der Waals surface area contributed by atoms with Crippen molar-refractivity contribution in [3.63, 3.8) is 0 Å². The standard InChI is InChI=1S/C20H22ClFN2O3S2/c1-15(18-7-2-3-8-19(18)21)28-14-20(25)23-9-11-24(12-10-23)29(26,27)17-6-4-5-16(22)13-17/h2-8,13,15H,9-12,14H2,1H3. The fourth-order valence-electron chi connectivity index (χ4n) is 3.14. The lowest BCUT2D eigenvalue weighted by Crippen LogP contribution is -2.51. The number of halogens is 2. The van der Waals surface area contributed by atoms with E-state index in [1.807, 2.05) is 31.2 Å². The SMILES string of the molecule is CC(SCC(=O)N1CCN(S(=O)(=O)c2cccc(F)c2)CC1)c1ccccc1Cl. The number of benzene rings is 2. The molecule has 0 spiro atoms. The van der Waals surface area contributed by atoms with Crippen LogP contribution in [0.25, 0.3) is 0 Å². The smallest absolute Gasteiger partial charge is 0.243 e. The first kappa shape index (κ1) is 22.1. The molecule has 0 bridgehead atoms. The van der Waals surface area contributed by atoms with E-state index in [9.17, 15) is 17.6 Å². The molecule has 1 saturated heterocycles. The summed E-state index contributed by atoms with van der Waals surface area (Å²) in [6, 6.07) is 12.5. The van der Waals surface area contributed by atoms with Gasteiger partial charge >= 0.3 is 0 Å². The largest absolute Gasteiger partial charge is 0.339 e. The van der Waals surface area contributed by atoms with Crippen LogP contribution < -0.4 is 0 Å². The molecule has 2 aromatic rings. The highest BCUT2D eigenvalue weighted by Crippen LogP contribution is 2.33. The van der Waals surface area contributed by atoms with E-state index < -0.39 is 15.8 Å². The zero-order valence-electron chi connectivity index (χ0n) is 15.9. The van der Waals surface area contributed by atoms with Gasteiger partial charge in [-0.3, -0.25) is 4.79 Å². The predicted octanol–water partition coefficient (Wildman–Crippen LogP) is 3.81. The second-order valence-electron chi connectivity index (χ2n) is 6.72. The molecule has 1 aliphatic rings. The minimum Gasteiger partial charge on any atom is -0.339 e. The molecule has 0 radical (unpaired) electrons. The van der Waals surface area contributed by atoms with Gasteiger partial charge in [-0.1, -0.05) is 35.9 Å². The first-order chi connectivity index (χ1) is 13.8. The van der Waals surface area contributed by atoms with Gasteiger partial charge in [-0.05, 0) is 36.8 Å². The lowest BCUT2D eigenvalue weighted by Gasteiger charge is -2.34. The number of piperazine rings is 1. The molecule has 3 rings (SSSR count). The maximum Gasteiger partial charge on any atom is 0.243 e. The fraction of sp³-hybridized carbons (Fsp3) is 0.350. The van der Waals surface area contributed by atoms with Gasteiger partial charge in [0.2, 0.25) is 15.9 Å². The molecule has 1 fully saturated rings. The van der Waals surface area contributed by atoms with Gasteiger partial charge in [0.15, 0.2) is 0 Å². The minimum absolute atomic E-state index is 0.0308. The highest BCUT2D eigenvalue weighted by molar-refractivity contribution is 8.00. The number of hydrogen-bond acceptors (Lipinski definition) is 4. The highest BCUT2D eigenvalue weighted by atomic mass is 35.5. The second kappa shape index (κ2) is 9.47. The van der Waals surface area contributed by atoms with Crippen LogP contribution in [0.2, 0.25) is 5.02 Å². The summed E-state index contributed by atoms with van der Waals surface area (Å²) in [5.74, 6) is -0.329. The lowest BCUT2D eigenvalue weighted by molar-refractivity contribution is -0.129. The first-order valence-corrected chi connectivity index (χ1v) is 12.1. The third kappa shape index (κ3) is 5.31. The molecular weight excluding hydrogens is 435 g/mol. The molecule has 29 heavy (non-hydrogen) atoms. The van der Waals surface area contributed by atoms with Crippen molar-refractivity contribution in [2.45, 2.75) is 17.1 Å². The molecule has 0 N–H and O–H groups in total. The molecule has 1 unspecified atom stereocenters. The van der Waals surface area contributed by atoms with Gasteiger partial charge in [-0.15, -0.1) is 11.8 Å². The van der Waals surface area contributed by atoms with Crippen molar-refractivity contribution in [1.82, 2.24) is 9.21 Å². The predicted molar refractivity (Wildman–Crippen MR) is 114 cm³/mol. The van der Waals surface area contributed by atoms with E-state index in [-0.39, 0.29) is 29.1 Å². The monoisotopic (exact) mass is 456 g/mol. The number of amides is 1. The van der Waals surface area contributed by atoms with E-state index in [1.54, 1.807) is 4.90 Å². The minimum atomic E-state index is -3.76. The van der Waals surface area contributed by atoms with Crippen LogP contribution in [0.3, 0.4) is 0 Å². The highest BCUT2D eigenvalue weighted by Gasteiger charge is 2.30. The Balaban J connectivity index is 1.54. The normalized spacial score (nSPS) is 16.6. The Hall–Kier alpha value is -1.61. The second-order valence-corrected chi connectivity index (χ2v) is 10.4. The van der Waals surface area contributed by atoms with Crippen molar-refractivity contribution >= 4 is 39.3 Å². The molecule has 1 amide bonds. The van der Waals surface area contributed by atoms with E-state index in [2.05, 4.69) is 0 Å². The van der Waals surface area contributed by atoms with Crippen molar-refractivity contribution in [2.75, 3.05) is 31.9 Å². The molecule has 1 atom stereocenters. The third-order valence-corrected chi connectivity index (χ3v) is 8.23. The van der Waals surface area contributed by atoms with Crippen LogP contribution in [-0.2, 0) is 14.8 Å². The van der Waals surface area contributed by atoms with Crippen molar-refractivity contribution in [1.29, 1.82) is 0 Å². The molecule has 156 valence electrons. The lowest BCUT2D eigenvalue weighted by atomic mass is 10.2. The number of nitrogens with zero attached hydrogens (tertiary/aromatic N) is 2. The van der Waals surface area contributed by atoms with Crippen LogP contribution in [0, 0.1) is 5.82 Å². The van der Waals surface area contributed by atoms with Crippen LogP contribution in [0.4, 0.5) is 4.39 Å². The van der Waals surface area contributed by atoms with Gasteiger partial charge in [-0.25, -0.2) is 12.8 Å². The number of sulfonamides is 1. The Morgan fingerprint density at radius 3 is 2.48 bits per heavy atom. The number of hydrogen-bond donors (Lipinski definition) is 0. The molecule has 0 aliphatic carbocycles. The van der Waals surface area contributed by atoms with E-state index in [0.717, 1.165) is 11.6 Å². The Labute approximate surface area is 179 Å². The summed E-state index contributed by atoms with van der Waals surface area (Å²) in [5.41, 5.74) is 0.984. The van der Waals surface area contributed by atoms with Crippen LogP contribution in [0.1, 0.15) is 17.7 Å². The zero-order chi connectivity index (χ0) is 21.0. The molecular formula is C20H22ClFN2O3S2. The summed E-state index contributed by atoms with van der Waals surface area (Å²) >= 11 is 7.71. The first-order valence-electron chi connectivity index (χ1n) is 9.18. The van der Waals surface area contributed by atoms with Gasteiger partial charge < -0.3 is 4.90 Å². The van der Waals surface area contributed by atoms with Gasteiger partial charge in [0.05, 0.1) is 10.6 Å². The Bertz CT molecular complexity index is 979. The molecule has 0 saturated carbocycles. The van der Waals surface area contributed by atoms with Gasteiger partial charge in [0.25, 0.3) is 0 Å². The van der Waals surface area contributed by atoms with Crippen molar-refractivity contribution < 1.29 is 17.6 Å². The summed E-state index contributed by atoms with van der Waals surface area (Å²) in [6.45, 7) is 3.01. The quantitative estimate of drug-likeness (QED) is 0.663. The summed E-state index contributed by atoms with van der Waals surface area (Å²) in [7, 11) is -3.76. The van der Waals surface area contributed by atoms with E-state index in [0.29, 0.717) is 23.9 Å². The molecule has 5 nitrogen and oxygen atoms in total. The number of thioether (sulfide) groups is 1. The summed E-state index contributed by atoms with van der Waals surface area (Å²) in [6.07, 6.45) is 0. The van der Waals surface area contributed by atoms with E-state index >= 15 is 0 Å². The number of carbonyl (C=O) groups excluding carboxylic acids is 1. The molecule has 9 heteroatoms. The van der Waals surface area contributed by atoms with Crippen LogP contribution >= 0.6 is 23.4 Å². The van der Waals surface area contributed by atoms with Gasteiger partial charge in [-0.2, -0.15) is 4.31 Å². The van der Waals surface area contributed by atoms with Crippen LogP contribution in [-0.4, -0.2) is 55.5 Å². The maximum absolute atomic E-state index is 13.4. The summed E-state index contributed by atoms with van der Waals surface area (Å²) < 4.78 is 40.0. The Kier molecular flexibility index (Phi) is 7.21. The van der Waals surface area contributed by atoms with Crippen LogP contribution in [0.15, 0.2) is 53.4 Å². The van der Waals surface area contributed by atoms with Gasteiger partial charge in [0, 0.05) is 36.5 Å². The Morgan fingerprint density at radius 1 is 1.14 bits per heavy atom. The molecule has 2 aromatic carbocycles. The van der Waals surface area contributed by atoms with Gasteiger partial charge in [0.1, 0.15) is 5.82 Å².